The van der Waals surface area contributed by atoms with E-state index < -0.39 is 0 Å². The van der Waals surface area contributed by atoms with Crippen LogP contribution in [0.15, 0.2) is 18.7 Å². The van der Waals surface area contributed by atoms with E-state index in [9.17, 15) is 0 Å². The Balaban J connectivity index is 2.21. The van der Waals surface area contributed by atoms with Crippen LogP contribution in [0.2, 0.25) is 0 Å². The first-order chi connectivity index (χ1) is 7.70. The third kappa shape index (κ3) is 1.93. The van der Waals surface area contributed by atoms with Gasteiger partial charge >= 0.3 is 0 Å². The minimum absolute atomic E-state index is 0.183. The molecule has 2 rings (SSSR count). The van der Waals surface area contributed by atoms with E-state index in [4.69, 9.17) is 5.26 Å². The molecular formula is C10H12N6. The number of imidazole rings is 1. The highest BCUT2D eigenvalue weighted by Crippen LogP contribution is 2.08. The van der Waals surface area contributed by atoms with E-state index in [0.29, 0.717) is 12.6 Å². The van der Waals surface area contributed by atoms with E-state index in [2.05, 4.69) is 33.5 Å². The highest BCUT2D eigenvalue weighted by atomic mass is 15.3. The lowest BCUT2D eigenvalue weighted by Gasteiger charge is -2.10. The van der Waals surface area contributed by atoms with Crippen molar-refractivity contribution in [2.75, 3.05) is 0 Å². The van der Waals surface area contributed by atoms with Crippen LogP contribution in [0.4, 0.5) is 0 Å². The smallest absolute Gasteiger partial charge is 0.252 e. The minimum Gasteiger partial charge on any atom is -0.331 e. The maximum Gasteiger partial charge on any atom is 0.252 e. The molecule has 2 aromatic heterocycles. The molecule has 0 amide bonds. The molecule has 0 fully saturated rings. The lowest BCUT2D eigenvalue weighted by atomic mass is 10.4. The average Bonchev–Trinajstić information content (AvgIpc) is 2.87. The SMILES string of the molecule is CC(C)n1ccnc1Cn1cnc(C#N)n1. The molecule has 6 heteroatoms. The molecule has 2 aromatic rings. The predicted molar refractivity (Wildman–Crippen MR) is 56.5 cm³/mol. The van der Waals surface area contributed by atoms with Crippen LogP contribution in [0.3, 0.4) is 0 Å². The summed E-state index contributed by atoms with van der Waals surface area (Å²) in [6.07, 6.45) is 5.23. The second-order valence-corrected chi connectivity index (χ2v) is 3.72. The van der Waals surface area contributed by atoms with Crippen LogP contribution in [0.25, 0.3) is 0 Å². The highest BCUT2D eigenvalue weighted by Gasteiger charge is 2.07. The molecule has 0 aliphatic heterocycles. The number of rotatable bonds is 3. The van der Waals surface area contributed by atoms with Crippen LogP contribution < -0.4 is 0 Å². The van der Waals surface area contributed by atoms with Gasteiger partial charge in [0.2, 0.25) is 0 Å². The summed E-state index contributed by atoms with van der Waals surface area (Å²) in [5.41, 5.74) is 0. The van der Waals surface area contributed by atoms with Crippen molar-refractivity contribution in [3.63, 3.8) is 0 Å². The number of aromatic nitrogens is 5. The number of hydrogen-bond acceptors (Lipinski definition) is 4. The van der Waals surface area contributed by atoms with Crippen LogP contribution in [0, 0.1) is 11.3 Å². The molecule has 0 radical (unpaired) electrons. The van der Waals surface area contributed by atoms with Crippen molar-refractivity contribution in [2.24, 2.45) is 0 Å². The number of nitrogens with zero attached hydrogens (tertiary/aromatic N) is 6. The zero-order valence-electron chi connectivity index (χ0n) is 9.20. The fraction of sp³-hybridized carbons (Fsp3) is 0.400. The number of hydrogen-bond donors (Lipinski definition) is 0. The standard InChI is InChI=1S/C10H12N6/c1-8(2)16-4-3-12-10(16)6-15-7-13-9(5-11)14-15/h3-4,7-8H,6H2,1-2H3. The molecule has 0 atom stereocenters. The Hall–Kier alpha value is -2.16. The van der Waals surface area contributed by atoms with Crippen molar-refractivity contribution in [1.29, 1.82) is 5.26 Å². The van der Waals surface area contributed by atoms with Crippen LogP contribution in [-0.4, -0.2) is 24.3 Å². The topological polar surface area (TPSA) is 72.3 Å². The van der Waals surface area contributed by atoms with Crippen molar-refractivity contribution in [1.82, 2.24) is 24.3 Å². The third-order valence-corrected chi connectivity index (χ3v) is 2.25. The molecule has 0 aliphatic carbocycles. The van der Waals surface area contributed by atoms with Crippen LogP contribution in [0.1, 0.15) is 31.5 Å². The van der Waals surface area contributed by atoms with E-state index in [0.717, 1.165) is 5.82 Å². The molecule has 2 heterocycles. The minimum atomic E-state index is 0.183. The maximum atomic E-state index is 8.61. The first kappa shape index (κ1) is 10.4. The van der Waals surface area contributed by atoms with Gasteiger partial charge in [-0.1, -0.05) is 0 Å². The summed E-state index contributed by atoms with van der Waals surface area (Å²) in [6.45, 7) is 4.71. The van der Waals surface area contributed by atoms with Crippen LogP contribution in [-0.2, 0) is 6.54 Å². The van der Waals surface area contributed by atoms with E-state index in [-0.39, 0.29) is 5.82 Å². The number of nitriles is 1. The van der Waals surface area contributed by atoms with Gasteiger partial charge in [0.15, 0.2) is 0 Å². The fourth-order valence-electron chi connectivity index (χ4n) is 1.50. The second-order valence-electron chi connectivity index (χ2n) is 3.72. The monoisotopic (exact) mass is 216 g/mol. The normalized spacial score (nSPS) is 10.6. The van der Waals surface area contributed by atoms with Crippen molar-refractivity contribution in [2.45, 2.75) is 26.4 Å². The van der Waals surface area contributed by atoms with Crippen molar-refractivity contribution in [3.05, 3.63) is 30.4 Å². The maximum absolute atomic E-state index is 8.61. The van der Waals surface area contributed by atoms with Gasteiger partial charge in [-0.15, -0.1) is 5.10 Å². The molecule has 0 saturated heterocycles. The molecule has 0 aliphatic rings. The zero-order chi connectivity index (χ0) is 11.5. The second kappa shape index (κ2) is 4.14. The van der Waals surface area contributed by atoms with Gasteiger partial charge in [-0.3, -0.25) is 0 Å². The van der Waals surface area contributed by atoms with Crippen molar-refractivity contribution >= 4 is 0 Å². The molecule has 82 valence electrons. The lowest BCUT2D eigenvalue weighted by molar-refractivity contribution is 0.538. The Morgan fingerprint density at radius 2 is 2.25 bits per heavy atom. The van der Waals surface area contributed by atoms with Gasteiger partial charge in [-0.25, -0.2) is 14.6 Å². The molecule has 0 aromatic carbocycles. The summed E-state index contributed by atoms with van der Waals surface area (Å²) in [7, 11) is 0. The van der Waals surface area contributed by atoms with Gasteiger partial charge in [-0.2, -0.15) is 5.26 Å². The summed E-state index contributed by atoms with van der Waals surface area (Å²) < 4.78 is 3.67. The van der Waals surface area contributed by atoms with Gasteiger partial charge in [0.25, 0.3) is 5.82 Å². The molecule has 0 spiro atoms. The van der Waals surface area contributed by atoms with E-state index in [1.807, 2.05) is 12.3 Å². The first-order valence-electron chi connectivity index (χ1n) is 5.02. The molecule has 0 unspecified atom stereocenters. The quantitative estimate of drug-likeness (QED) is 0.766. The zero-order valence-corrected chi connectivity index (χ0v) is 9.20. The van der Waals surface area contributed by atoms with Gasteiger partial charge < -0.3 is 4.57 Å². The summed E-state index contributed by atoms with van der Waals surface area (Å²) in [4.78, 5) is 8.10. The van der Waals surface area contributed by atoms with Gasteiger partial charge in [0.1, 0.15) is 24.8 Å². The summed E-state index contributed by atoms with van der Waals surface area (Å²) in [6, 6.07) is 2.25. The molecule has 0 bridgehead atoms. The summed E-state index contributed by atoms with van der Waals surface area (Å²) >= 11 is 0. The predicted octanol–water partition coefficient (Wildman–Crippen LogP) is 0.975. The van der Waals surface area contributed by atoms with Gasteiger partial charge in [0, 0.05) is 18.4 Å². The average molecular weight is 216 g/mol. The summed E-state index contributed by atoms with van der Waals surface area (Å²) in [5.74, 6) is 1.09. The van der Waals surface area contributed by atoms with Crippen LogP contribution in [0.5, 0.6) is 0 Å². The van der Waals surface area contributed by atoms with Gasteiger partial charge in [-0.05, 0) is 13.8 Å². The fourth-order valence-corrected chi connectivity index (χ4v) is 1.50. The Labute approximate surface area is 93.2 Å². The Kier molecular flexibility index (Phi) is 2.68. The molecule has 16 heavy (non-hydrogen) atoms. The summed E-state index contributed by atoms with van der Waals surface area (Å²) in [5, 5.41) is 12.6. The third-order valence-electron chi connectivity index (χ3n) is 2.25. The molecule has 0 N–H and O–H groups in total. The van der Waals surface area contributed by atoms with E-state index in [1.54, 1.807) is 10.9 Å². The van der Waals surface area contributed by atoms with E-state index >= 15 is 0 Å². The Morgan fingerprint density at radius 1 is 1.44 bits per heavy atom. The first-order valence-corrected chi connectivity index (χ1v) is 5.02. The largest absolute Gasteiger partial charge is 0.331 e. The van der Waals surface area contributed by atoms with E-state index in [1.165, 1.54) is 6.33 Å². The Morgan fingerprint density at radius 3 is 2.88 bits per heavy atom. The van der Waals surface area contributed by atoms with Crippen LogP contribution >= 0.6 is 0 Å². The highest BCUT2D eigenvalue weighted by molar-refractivity contribution is 5.06. The molecule has 6 nitrogen and oxygen atoms in total. The molecular weight excluding hydrogens is 204 g/mol. The van der Waals surface area contributed by atoms with Gasteiger partial charge in [0.05, 0.1) is 0 Å². The lowest BCUT2D eigenvalue weighted by Crippen LogP contribution is -2.10. The molecule has 0 saturated carbocycles. The Bertz CT molecular complexity index is 515. The van der Waals surface area contributed by atoms with Crippen molar-refractivity contribution < 1.29 is 0 Å². The van der Waals surface area contributed by atoms with Crippen molar-refractivity contribution in [3.8, 4) is 6.07 Å².